The first-order valence-electron chi connectivity index (χ1n) is 9.82. The molecule has 30 heavy (non-hydrogen) atoms. The summed E-state index contributed by atoms with van der Waals surface area (Å²) in [5, 5.41) is 8.38. The molecule has 0 aliphatic heterocycles. The lowest BCUT2D eigenvalue weighted by atomic mass is 10.0. The second kappa shape index (κ2) is 9.09. The summed E-state index contributed by atoms with van der Waals surface area (Å²) in [5.74, 6) is 1.03. The van der Waals surface area contributed by atoms with E-state index < -0.39 is 0 Å². The summed E-state index contributed by atoms with van der Waals surface area (Å²) in [4.78, 5) is 12.2. The van der Waals surface area contributed by atoms with Crippen LogP contribution in [0.5, 0.6) is 11.5 Å². The van der Waals surface area contributed by atoms with E-state index in [-0.39, 0.29) is 12.5 Å². The van der Waals surface area contributed by atoms with Gasteiger partial charge in [0.15, 0.2) is 6.61 Å². The third kappa shape index (κ3) is 4.41. The van der Waals surface area contributed by atoms with E-state index in [2.05, 4.69) is 10.5 Å². The second-order valence-corrected chi connectivity index (χ2v) is 6.72. The zero-order chi connectivity index (χ0) is 20.8. The van der Waals surface area contributed by atoms with Crippen LogP contribution in [0.3, 0.4) is 0 Å². The van der Waals surface area contributed by atoms with E-state index in [9.17, 15) is 4.79 Å². The quantitative estimate of drug-likeness (QED) is 0.355. The zero-order valence-electron chi connectivity index (χ0n) is 16.7. The summed E-state index contributed by atoms with van der Waals surface area (Å²) in [5.41, 5.74) is 3.35. The van der Waals surface area contributed by atoms with E-state index >= 15 is 0 Å². The molecular weight excluding hydrogens is 376 g/mol. The van der Waals surface area contributed by atoms with Crippen LogP contribution in [-0.2, 0) is 4.79 Å². The molecule has 0 aromatic heterocycles. The van der Waals surface area contributed by atoms with Crippen molar-refractivity contribution >= 4 is 33.7 Å². The molecule has 0 radical (unpaired) electrons. The van der Waals surface area contributed by atoms with E-state index in [1.54, 1.807) is 6.21 Å². The summed E-state index contributed by atoms with van der Waals surface area (Å²) < 4.78 is 11.3. The maximum atomic E-state index is 12.2. The Morgan fingerprint density at radius 3 is 2.47 bits per heavy atom. The standard InChI is InChI=1S/C25H22N2O3/c1-2-29-24-14-12-19-8-5-6-10-22(19)23(24)16-26-27-25(28)17-30-21-13-11-18-7-3-4-9-20(18)15-21/h3-16H,2,17H2,1H3,(H,27,28)/b26-16+. The van der Waals surface area contributed by atoms with Gasteiger partial charge in [-0.05, 0) is 46.7 Å². The van der Waals surface area contributed by atoms with Crippen molar-refractivity contribution in [3.8, 4) is 11.5 Å². The Morgan fingerprint density at radius 1 is 0.900 bits per heavy atom. The van der Waals surface area contributed by atoms with Crippen LogP contribution in [0.1, 0.15) is 12.5 Å². The van der Waals surface area contributed by atoms with Gasteiger partial charge in [-0.15, -0.1) is 0 Å². The van der Waals surface area contributed by atoms with Crippen LogP contribution in [0, 0.1) is 0 Å². The van der Waals surface area contributed by atoms with Crippen molar-refractivity contribution in [2.75, 3.05) is 13.2 Å². The molecular formula is C25H22N2O3. The summed E-state index contributed by atoms with van der Waals surface area (Å²) in [7, 11) is 0. The van der Waals surface area contributed by atoms with Crippen LogP contribution in [-0.4, -0.2) is 25.3 Å². The first kappa shape index (κ1) is 19.5. The van der Waals surface area contributed by atoms with Crippen LogP contribution in [0.2, 0.25) is 0 Å². The molecule has 0 spiro atoms. The number of ether oxygens (including phenoxy) is 2. The van der Waals surface area contributed by atoms with Crippen molar-refractivity contribution in [3.63, 3.8) is 0 Å². The molecule has 0 fully saturated rings. The average Bonchev–Trinajstić information content (AvgIpc) is 2.79. The highest BCUT2D eigenvalue weighted by Gasteiger charge is 2.07. The third-order valence-electron chi connectivity index (χ3n) is 4.70. The van der Waals surface area contributed by atoms with Gasteiger partial charge in [-0.25, -0.2) is 5.43 Å². The molecule has 0 aliphatic rings. The van der Waals surface area contributed by atoms with Gasteiger partial charge in [-0.3, -0.25) is 4.79 Å². The van der Waals surface area contributed by atoms with Gasteiger partial charge in [0.25, 0.3) is 5.91 Å². The maximum absolute atomic E-state index is 12.2. The van der Waals surface area contributed by atoms with Crippen molar-refractivity contribution in [3.05, 3.63) is 84.4 Å². The summed E-state index contributed by atoms with van der Waals surface area (Å²) in [6.45, 7) is 2.36. The fourth-order valence-electron chi connectivity index (χ4n) is 3.30. The summed E-state index contributed by atoms with van der Waals surface area (Å²) in [6.07, 6.45) is 1.61. The van der Waals surface area contributed by atoms with E-state index in [1.807, 2.05) is 85.8 Å². The van der Waals surface area contributed by atoms with Crippen molar-refractivity contribution in [1.29, 1.82) is 0 Å². The van der Waals surface area contributed by atoms with Crippen molar-refractivity contribution in [2.24, 2.45) is 5.10 Å². The fourth-order valence-corrected chi connectivity index (χ4v) is 3.30. The molecule has 0 heterocycles. The first-order chi connectivity index (χ1) is 14.7. The van der Waals surface area contributed by atoms with Crippen LogP contribution in [0.25, 0.3) is 21.5 Å². The van der Waals surface area contributed by atoms with Gasteiger partial charge >= 0.3 is 0 Å². The SMILES string of the molecule is CCOc1ccc2ccccc2c1/C=N/NC(=O)COc1ccc2ccccc2c1. The van der Waals surface area contributed by atoms with Gasteiger partial charge < -0.3 is 9.47 Å². The van der Waals surface area contributed by atoms with Crippen molar-refractivity contribution in [2.45, 2.75) is 6.92 Å². The Bertz CT molecular complexity index is 1220. The molecule has 150 valence electrons. The van der Waals surface area contributed by atoms with Gasteiger partial charge in [0.2, 0.25) is 0 Å². The number of nitrogens with zero attached hydrogens (tertiary/aromatic N) is 1. The zero-order valence-corrected chi connectivity index (χ0v) is 16.7. The van der Waals surface area contributed by atoms with Crippen molar-refractivity contribution < 1.29 is 14.3 Å². The first-order valence-corrected chi connectivity index (χ1v) is 9.82. The number of hydrazone groups is 1. The smallest absolute Gasteiger partial charge is 0.277 e. The number of hydrogen-bond acceptors (Lipinski definition) is 4. The normalized spacial score (nSPS) is 11.1. The van der Waals surface area contributed by atoms with Gasteiger partial charge in [0.05, 0.1) is 12.8 Å². The average molecular weight is 398 g/mol. The number of carbonyl (C=O) groups is 1. The van der Waals surface area contributed by atoms with E-state index in [0.29, 0.717) is 12.4 Å². The number of amides is 1. The molecule has 1 N–H and O–H groups in total. The van der Waals surface area contributed by atoms with Crippen LogP contribution in [0.4, 0.5) is 0 Å². The molecule has 0 saturated carbocycles. The predicted octanol–water partition coefficient (Wildman–Crippen LogP) is 4.92. The fraction of sp³-hybridized carbons (Fsp3) is 0.120. The minimum atomic E-state index is -0.336. The van der Waals surface area contributed by atoms with E-state index in [1.165, 1.54) is 0 Å². The lowest BCUT2D eigenvalue weighted by molar-refractivity contribution is -0.123. The number of rotatable bonds is 7. The topological polar surface area (TPSA) is 59.9 Å². The van der Waals surface area contributed by atoms with Crippen LogP contribution < -0.4 is 14.9 Å². The van der Waals surface area contributed by atoms with Gasteiger partial charge in [-0.1, -0.05) is 60.7 Å². The monoisotopic (exact) mass is 398 g/mol. The van der Waals surface area contributed by atoms with Crippen LogP contribution >= 0.6 is 0 Å². The van der Waals surface area contributed by atoms with E-state index in [0.717, 1.165) is 32.9 Å². The molecule has 0 bridgehead atoms. The Balaban J connectivity index is 1.42. The molecule has 4 aromatic carbocycles. The molecule has 0 unspecified atom stereocenters. The van der Waals surface area contributed by atoms with Gasteiger partial charge in [0.1, 0.15) is 11.5 Å². The highest BCUT2D eigenvalue weighted by molar-refractivity contribution is 6.02. The summed E-state index contributed by atoms with van der Waals surface area (Å²) >= 11 is 0. The Morgan fingerprint density at radius 2 is 1.63 bits per heavy atom. The highest BCUT2D eigenvalue weighted by Crippen LogP contribution is 2.26. The maximum Gasteiger partial charge on any atom is 0.277 e. The number of carbonyl (C=O) groups excluding carboxylic acids is 1. The molecule has 0 saturated heterocycles. The number of benzene rings is 4. The number of fused-ring (bicyclic) bond motifs is 2. The van der Waals surface area contributed by atoms with Gasteiger partial charge in [0, 0.05) is 5.56 Å². The minimum absolute atomic E-state index is 0.121. The lowest BCUT2D eigenvalue weighted by Crippen LogP contribution is -2.24. The van der Waals surface area contributed by atoms with Crippen LogP contribution in [0.15, 0.2) is 84.0 Å². The number of hydrogen-bond donors (Lipinski definition) is 1. The Kier molecular flexibility index (Phi) is 5.90. The minimum Gasteiger partial charge on any atom is -0.493 e. The van der Waals surface area contributed by atoms with E-state index in [4.69, 9.17) is 9.47 Å². The Hall–Kier alpha value is -3.86. The Labute approximate surface area is 174 Å². The van der Waals surface area contributed by atoms with Gasteiger partial charge in [-0.2, -0.15) is 5.10 Å². The molecule has 5 heteroatoms. The predicted molar refractivity (Wildman–Crippen MR) is 120 cm³/mol. The summed E-state index contributed by atoms with van der Waals surface area (Å²) in [6, 6.07) is 25.6. The molecule has 4 aromatic rings. The number of nitrogens with one attached hydrogen (secondary N) is 1. The molecule has 4 rings (SSSR count). The third-order valence-corrected chi connectivity index (χ3v) is 4.70. The molecule has 1 amide bonds. The molecule has 0 atom stereocenters. The molecule has 0 aliphatic carbocycles. The molecule has 5 nitrogen and oxygen atoms in total. The van der Waals surface area contributed by atoms with Crippen molar-refractivity contribution in [1.82, 2.24) is 5.43 Å². The lowest BCUT2D eigenvalue weighted by Gasteiger charge is -2.10. The largest absolute Gasteiger partial charge is 0.493 e. The second-order valence-electron chi connectivity index (χ2n) is 6.72. The highest BCUT2D eigenvalue weighted by atomic mass is 16.5.